The molecule has 0 spiro atoms. The first-order chi connectivity index (χ1) is 10.2. The minimum absolute atomic E-state index is 0.118. The van der Waals surface area contributed by atoms with Gasteiger partial charge in [0.1, 0.15) is 12.4 Å². The van der Waals surface area contributed by atoms with Crippen LogP contribution < -0.4 is 10.1 Å². The van der Waals surface area contributed by atoms with Crippen molar-refractivity contribution in [3.05, 3.63) is 42.6 Å². The Labute approximate surface area is 125 Å². The third-order valence-electron chi connectivity index (χ3n) is 3.30. The molecule has 0 saturated carbocycles. The van der Waals surface area contributed by atoms with Crippen LogP contribution >= 0.6 is 0 Å². The summed E-state index contributed by atoms with van der Waals surface area (Å²) >= 11 is 0. The SMILES string of the molecule is C=CCOc1ccc2[nH]cc(CCNC(=O)CCC)c2c1. The van der Waals surface area contributed by atoms with Gasteiger partial charge in [0.25, 0.3) is 0 Å². The molecule has 1 amide bonds. The van der Waals surface area contributed by atoms with Gasteiger partial charge in [-0.3, -0.25) is 4.79 Å². The molecule has 1 aromatic heterocycles. The van der Waals surface area contributed by atoms with Crippen LogP contribution in [-0.2, 0) is 11.2 Å². The third-order valence-corrected chi connectivity index (χ3v) is 3.30. The summed E-state index contributed by atoms with van der Waals surface area (Å²) in [6.45, 7) is 6.80. The maximum absolute atomic E-state index is 11.5. The summed E-state index contributed by atoms with van der Waals surface area (Å²) in [7, 11) is 0. The Kier molecular flexibility index (Phi) is 5.43. The molecule has 0 aliphatic rings. The Morgan fingerprint density at radius 1 is 1.48 bits per heavy atom. The number of aromatic nitrogens is 1. The number of hydrogen-bond acceptors (Lipinski definition) is 2. The lowest BCUT2D eigenvalue weighted by Crippen LogP contribution is -2.25. The van der Waals surface area contributed by atoms with Gasteiger partial charge in [0.2, 0.25) is 5.91 Å². The molecule has 1 aromatic carbocycles. The van der Waals surface area contributed by atoms with Gasteiger partial charge in [0.05, 0.1) is 0 Å². The van der Waals surface area contributed by atoms with E-state index in [1.165, 1.54) is 5.56 Å². The van der Waals surface area contributed by atoms with E-state index in [0.29, 0.717) is 19.6 Å². The summed E-state index contributed by atoms with van der Waals surface area (Å²) < 4.78 is 5.56. The van der Waals surface area contributed by atoms with E-state index in [1.807, 2.05) is 31.3 Å². The molecule has 0 unspecified atom stereocenters. The fraction of sp³-hybridized carbons (Fsp3) is 0.353. The maximum Gasteiger partial charge on any atom is 0.219 e. The highest BCUT2D eigenvalue weighted by Crippen LogP contribution is 2.24. The van der Waals surface area contributed by atoms with Crippen molar-refractivity contribution < 1.29 is 9.53 Å². The predicted octanol–water partition coefficient (Wildman–Crippen LogP) is 3.19. The van der Waals surface area contributed by atoms with E-state index in [0.717, 1.165) is 29.5 Å². The monoisotopic (exact) mass is 286 g/mol. The Morgan fingerprint density at radius 3 is 3.10 bits per heavy atom. The van der Waals surface area contributed by atoms with E-state index in [4.69, 9.17) is 4.74 Å². The molecule has 112 valence electrons. The molecule has 0 saturated heterocycles. The second-order valence-electron chi connectivity index (χ2n) is 4.97. The van der Waals surface area contributed by atoms with Gasteiger partial charge in [-0.25, -0.2) is 0 Å². The molecule has 4 nitrogen and oxygen atoms in total. The number of hydrogen-bond donors (Lipinski definition) is 2. The van der Waals surface area contributed by atoms with Gasteiger partial charge >= 0.3 is 0 Å². The van der Waals surface area contributed by atoms with Crippen LogP contribution in [0.15, 0.2) is 37.1 Å². The van der Waals surface area contributed by atoms with Gasteiger partial charge in [-0.15, -0.1) is 0 Å². The maximum atomic E-state index is 11.5. The second-order valence-corrected chi connectivity index (χ2v) is 4.97. The van der Waals surface area contributed by atoms with Crippen LogP contribution in [0.1, 0.15) is 25.3 Å². The van der Waals surface area contributed by atoms with Crippen LogP contribution in [0.3, 0.4) is 0 Å². The number of nitrogens with one attached hydrogen (secondary N) is 2. The van der Waals surface area contributed by atoms with Crippen molar-refractivity contribution in [3.8, 4) is 5.75 Å². The normalized spacial score (nSPS) is 10.5. The molecule has 2 aromatic rings. The van der Waals surface area contributed by atoms with Crippen molar-refractivity contribution >= 4 is 16.8 Å². The number of amides is 1. The molecule has 0 aliphatic heterocycles. The third kappa shape index (κ3) is 4.12. The zero-order valence-electron chi connectivity index (χ0n) is 12.4. The molecule has 0 aliphatic carbocycles. The van der Waals surface area contributed by atoms with Crippen molar-refractivity contribution in [3.63, 3.8) is 0 Å². The molecule has 0 fully saturated rings. The highest BCUT2D eigenvalue weighted by atomic mass is 16.5. The molecule has 2 N–H and O–H groups in total. The lowest BCUT2D eigenvalue weighted by atomic mass is 10.1. The molecule has 0 atom stereocenters. The summed E-state index contributed by atoms with van der Waals surface area (Å²) in [6, 6.07) is 5.97. The van der Waals surface area contributed by atoms with Crippen molar-refractivity contribution in [2.45, 2.75) is 26.2 Å². The number of ether oxygens (including phenoxy) is 1. The number of carbonyl (C=O) groups excluding carboxylic acids is 1. The van der Waals surface area contributed by atoms with E-state index in [-0.39, 0.29) is 5.91 Å². The first-order valence-corrected chi connectivity index (χ1v) is 7.35. The summed E-state index contributed by atoms with van der Waals surface area (Å²) in [6.07, 6.45) is 6.00. The predicted molar refractivity (Wildman–Crippen MR) is 85.6 cm³/mol. The molecule has 0 radical (unpaired) electrons. The zero-order chi connectivity index (χ0) is 15.1. The van der Waals surface area contributed by atoms with Crippen LogP contribution in [0, 0.1) is 0 Å². The van der Waals surface area contributed by atoms with Crippen LogP contribution in [0.5, 0.6) is 5.75 Å². The lowest BCUT2D eigenvalue weighted by Gasteiger charge is -2.05. The van der Waals surface area contributed by atoms with Crippen molar-refractivity contribution in [1.82, 2.24) is 10.3 Å². The fourth-order valence-corrected chi connectivity index (χ4v) is 2.26. The van der Waals surface area contributed by atoms with Gasteiger partial charge < -0.3 is 15.0 Å². The Morgan fingerprint density at radius 2 is 2.33 bits per heavy atom. The smallest absolute Gasteiger partial charge is 0.219 e. The molecule has 1 heterocycles. The molecule has 0 bridgehead atoms. The Hall–Kier alpha value is -2.23. The zero-order valence-corrected chi connectivity index (χ0v) is 12.4. The van der Waals surface area contributed by atoms with Gasteiger partial charge in [0.15, 0.2) is 0 Å². The fourth-order valence-electron chi connectivity index (χ4n) is 2.26. The topological polar surface area (TPSA) is 54.1 Å². The van der Waals surface area contributed by atoms with Crippen LogP contribution in [-0.4, -0.2) is 24.0 Å². The van der Waals surface area contributed by atoms with E-state index >= 15 is 0 Å². The van der Waals surface area contributed by atoms with Crippen molar-refractivity contribution in [2.24, 2.45) is 0 Å². The average molecular weight is 286 g/mol. The number of fused-ring (bicyclic) bond motifs is 1. The van der Waals surface area contributed by atoms with Crippen LogP contribution in [0.2, 0.25) is 0 Å². The van der Waals surface area contributed by atoms with Crippen molar-refractivity contribution in [1.29, 1.82) is 0 Å². The first-order valence-electron chi connectivity index (χ1n) is 7.35. The highest BCUT2D eigenvalue weighted by Gasteiger charge is 2.06. The minimum Gasteiger partial charge on any atom is -0.490 e. The number of H-pyrrole nitrogens is 1. The van der Waals surface area contributed by atoms with E-state index in [9.17, 15) is 4.79 Å². The summed E-state index contributed by atoms with van der Waals surface area (Å²) in [5, 5.41) is 4.08. The first kappa shape index (κ1) is 15.2. The van der Waals surface area contributed by atoms with Crippen LogP contribution in [0.4, 0.5) is 0 Å². The quantitative estimate of drug-likeness (QED) is 0.732. The van der Waals surface area contributed by atoms with E-state index in [1.54, 1.807) is 6.08 Å². The highest BCUT2D eigenvalue weighted by molar-refractivity contribution is 5.84. The summed E-state index contributed by atoms with van der Waals surface area (Å²) in [5.74, 6) is 0.950. The largest absolute Gasteiger partial charge is 0.490 e. The molecular formula is C17H22N2O2. The number of aromatic amines is 1. The van der Waals surface area contributed by atoms with Gasteiger partial charge in [-0.05, 0) is 36.6 Å². The van der Waals surface area contributed by atoms with E-state index < -0.39 is 0 Å². The van der Waals surface area contributed by atoms with E-state index in [2.05, 4.69) is 16.9 Å². The lowest BCUT2D eigenvalue weighted by molar-refractivity contribution is -0.121. The molecule has 21 heavy (non-hydrogen) atoms. The van der Waals surface area contributed by atoms with Gasteiger partial charge in [0, 0.05) is 30.1 Å². The number of benzene rings is 1. The van der Waals surface area contributed by atoms with Crippen LogP contribution in [0.25, 0.3) is 10.9 Å². The number of rotatable bonds is 8. The summed E-state index contributed by atoms with van der Waals surface area (Å²) in [4.78, 5) is 14.7. The summed E-state index contributed by atoms with van der Waals surface area (Å²) in [5.41, 5.74) is 2.27. The number of carbonyl (C=O) groups is 1. The van der Waals surface area contributed by atoms with Crippen molar-refractivity contribution in [2.75, 3.05) is 13.2 Å². The van der Waals surface area contributed by atoms with Gasteiger partial charge in [-0.2, -0.15) is 0 Å². The Bertz CT molecular complexity index is 616. The standard InChI is InChI=1S/C17H22N2O2/c1-3-5-17(20)18-9-8-13-12-19-16-7-6-14(11-15(13)16)21-10-4-2/h4,6-7,11-12,19H,2-3,5,8-10H2,1H3,(H,18,20). The Balaban J connectivity index is 2.02. The molecular weight excluding hydrogens is 264 g/mol. The molecule has 4 heteroatoms. The second kappa shape index (κ2) is 7.53. The average Bonchev–Trinajstić information content (AvgIpc) is 2.88. The molecule has 2 rings (SSSR count). The van der Waals surface area contributed by atoms with Gasteiger partial charge in [-0.1, -0.05) is 19.6 Å². The minimum atomic E-state index is 0.118.